The van der Waals surface area contributed by atoms with E-state index in [1.807, 2.05) is 4.98 Å². The quantitative estimate of drug-likeness (QED) is 0.539. The molecule has 9 heteroatoms. The molecule has 0 aliphatic carbocycles. The van der Waals surface area contributed by atoms with Gasteiger partial charge in [-0.3, -0.25) is 19.9 Å². The first-order valence-electron chi connectivity index (χ1n) is 8.31. The molecule has 1 heterocycles. The number of ether oxygens (including phenoxy) is 2. The van der Waals surface area contributed by atoms with Crippen molar-refractivity contribution in [1.82, 2.24) is 9.97 Å². The van der Waals surface area contributed by atoms with Gasteiger partial charge in [-0.25, -0.2) is 4.79 Å². The second-order valence-corrected chi connectivity index (χ2v) is 6.20. The summed E-state index contributed by atoms with van der Waals surface area (Å²) in [5.41, 5.74) is -2.15. The summed E-state index contributed by atoms with van der Waals surface area (Å²) in [7, 11) is 1.51. The van der Waals surface area contributed by atoms with Gasteiger partial charge in [0.25, 0.3) is 0 Å². The standard InChI is InChI=1S/C18H21N3O6/c1-11(2)8-9-27-14-7-5-12(10-15(14)26-3)4-6-13-16(21(24)25)17(22)20-18(23)19-13/h4-7,10-11H,8-9H2,1-3H3,(H2,19,20,22,23)/b6-4+. The van der Waals surface area contributed by atoms with Gasteiger partial charge in [-0.15, -0.1) is 0 Å². The van der Waals surface area contributed by atoms with Crippen LogP contribution in [0.15, 0.2) is 27.8 Å². The lowest BCUT2D eigenvalue weighted by Gasteiger charge is -2.12. The van der Waals surface area contributed by atoms with Crippen LogP contribution in [0.4, 0.5) is 5.69 Å². The number of aromatic amines is 2. The number of benzene rings is 1. The first-order chi connectivity index (χ1) is 12.8. The number of nitrogens with one attached hydrogen (secondary N) is 2. The maximum atomic E-state index is 11.6. The number of rotatable bonds is 8. The second-order valence-electron chi connectivity index (χ2n) is 6.20. The average molecular weight is 375 g/mol. The van der Waals surface area contributed by atoms with Gasteiger partial charge in [-0.05, 0) is 36.1 Å². The number of H-pyrrole nitrogens is 2. The van der Waals surface area contributed by atoms with Crippen LogP contribution in [0.3, 0.4) is 0 Å². The van der Waals surface area contributed by atoms with E-state index in [1.165, 1.54) is 19.3 Å². The molecule has 0 amide bonds. The third-order valence-electron chi connectivity index (χ3n) is 3.71. The van der Waals surface area contributed by atoms with Crippen LogP contribution in [0, 0.1) is 16.0 Å². The molecule has 0 saturated carbocycles. The van der Waals surface area contributed by atoms with Crippen LogP contribution in [-0.2, 0) is 0 Å². The van der Waals surface area contributed by atoms with Crippen molar-refractivity contribution in [3.05, 3.63) is 60.4 Å². The predicted molar refractivity (Wildman–Crippen MR) is 101 cm³/mol. The lowest BCUT2D eigenvalue weighted by molar-refractivity contribution is -0.386. The van der Waals surface area contributed by atoms with E-state index in [4.69, 9.17) is 9.47 Å². The molecule has 0 radical (unpaired) electrons. The van der Waals surface area contributed by atoms with Gasteiger partial charge >= 0.3 is 16.9 Å². The van der Waals surface area contributed by atoms with E-state index in [-0.39, 0.29) is 5.69 Å². The molecule has 0 bridgehead atoms. The minimum Gasteiger partial charge on any atom is -0.493 e. The molecule has 27 heavy (non-hydrogen) atoms. The molecule has 1 aromatic heterocycles. The normalized spacial score (nSPS) is 11.1. The van der Waals surface area contributed by atoms with E-state index in [0.717, 1.165) is 6.42 Å². The monoisotopic (exact) mass is 375 g/mol. The van der Waals surface area contributed by atoms with Crippen LogP contribution in [0.1, 0.15) is 31.5 Å². The van der Waals surface area contributed by atoms with Gasteiger partial charge in [0.05, 0.1) is 18.6 Å². The van der Waals surface area contributed by atoms with Gasteiger partial charge in [-0.1, -0.05) is 26.0 Å². The highest BCUT2D eigenvalue weighted by atomic mass is 16.6. The van der Waals surface area contributed by atoms with Crippen molar-refractivity contribution in [2.24, 2.45) is 5.92 Å². The molecule has 144 valence electrons. The smallest absolute Gasteiger partial charge is 0.357 e. The number of hydrogen-bond acceptors (Lipinski definition) is 6. The van der Waals surface area contributed by atoms with Crippen molar-refractivity contribution in [1.29, 1.82) is 0 Å². The van der Waals surface area contributed by atoms with Gasteiger partial charge in [0, 0.05) is 0 Å². The Balaban J connectivity index is 2.29. The maximum absolute atomic E-state index is 11.6. The van der Waals surface area contributed by atoms with Crippen molar-refractivity contribution in [2.45, 2.75) is 20.3 Å². The summed E-state index contributed by atoms with van der Waals surface area (Å²) in [5.74, 6) is 1.62. The Kier molecular flexibility index (Phi) is 6.53. The zero-order chi connectivity index (χ0) is 20.0. The summed E-state index contributed by atoms with van der Waals surface area (Å²) in [4.78, 5) is 37.3. The Morgan fingerprint density at radius 2 is 1.93 bits per heavy atom. The van der Waals surface area contributed by atoms with E-state index in [9.17, 15) is 19.7 Å². The summed E-state index contributed by atoms with van der Waals surface area (Å²) in [6, 6.07) is 5.16. The highest BCUT2D eigenvalue weighted by Gasteiger charge is 2.18. The number of aromatic nitrogens is 2. The van der Waals surface area contributed by atoms with Crippen LogP contribution in [0.25, 0.3) is 12.2 Å². The summed E-state index contributed by atoms with van der Waals surface area (Å²) >= 11 is 0. The minimum absolute atomic E-state index is 0.190. The fourth-order valence-corrected chi connectivity index (χ4v) is 2.29. The van der Waals surface area contributed by atoms with Crippen LogP contribution in [-0.4, -0.2) is 28.6 Å². The van der Waals surface area contributed by atoms with Gasteiger partial charge in [0.1, 0.15) is 5.69 Å². The zero-order valence-electron chi connectivity index (χ0n) is 15.3. The van der Waals surface area contributed by atoms with E-state index >= 15 is 0 Å². The molecule has 2 aromatic rings. The second kappa shape index (κ2) is 8.84. The SMILES string of the molecule is COc1cc(/C=C/c2[nH]c(=O)[nH]c(=O)c2[N+](=O)[O-])ccc1OCCC(C)C. The van der Waals surface area contributed by atoms with Gasteiger partial charge in [-0.2, -0.15) is 0 Å². The van der Waals surface area contributed by atoms with E-state index < -0.39 is 21.9 Å². The number of nitrogens with zero attached hydrogens (tertiary/aromatic N) is 1. The lowest BCUT2D eigenvalue weighted by Crippen LogP contribution is -2.25. The van der Waals surface area contributed by atoms with Gasteiger partial charge in [0.15, 0.2) is 11.5 Å². The van der Waals surface area contributed by atoms with Gasteiger partial charge in [0.2, 0.25) is 0 Å². The maximum Gasteiger partial charge on any atom is 0.357 e. The molecular formula is C18H21N3O6. The summed E-state index contributed by atoms with van der Waals surface area (Å²) < 4.78 is 11.0. The zero-order valence-corrected chi connectivity index (χ0v) is 15.3. The summed E-state index contributed by atoms with van der Waals surface area (Å²) in [5, 5.41) is 11.1. The molecule has 9 nitrogen and oxygen atoms in total. The van der Waals surface area contributed by atoms with Crippen molar-refractivity contribution in [3.63, 3.8) is 0 Å². The fourth-order valence-electron chi connectivity index (χ4n) is 2.29. The highest BCUT2D eigenvalue weighted by Crippen LogP contribution is 2.29. The number of nitro groups is 1. The van der Waals surface area contributed by atoms with E-state index in [2.05, 4.69) is 18.8 Å². The Hall–Kier alpha value is -3.36. The van der Waals surface area contributed by atoms with Crippen molar-refractivity contribution >= 4 is 17.8 Å². The lowest BCUT2D eigenvalue weighted by atomic mass is 10.1. The number of hydrogen-bond donors (Lipinski definition) is 2. The third kappa shape index (κ3) is 5.30. The minimum atomic E-state index is -1.06. The Bertz CT molecular complexity index is 958. The van der Waals surface area contributed by atoms with Crippen molar-refractivity contribution < 1.29 is 14.4 Å². The Labute approximate surface area is 154 Å². The Morgan fingerprint density at radius 1 is 1.19 bits per heavy atom. The highest BCUT2D eigenvalue weighted by molar-refractivity contribution is 5.72. The first-order valence-corrected chi connectivity index (χ1v) is 8.31. The van der Waals surface area contributed by atoms with Crippen LogP contribution >= 0.6 is 0 Å². The fraction of sp³-hybridized carbons (Fsp3) is 0.333. The molecule has 0 atom stereocenters. The molecule has 2 N–H and O–H groups in total. The van der Waals surface area contributed by atoms with Crippen LogP contribution in [0.2, 0.25) is 0 Å². The number of methoxy groups -OCH3 is 1. The third-order valence-corrected chi connectivity index (χ3v) is 3.71. The van der Waals surface area contributed by atoms with E-state index in [1.54, 1.807) is 18.2 Å². The first kappa shape index (κ1) is 20.0. The summed E-state index contributed by atoms with van der Waals surface area (Å²) in [6.45, 7) is 4.77. The molecule has 2 rings (SSSR count). The molecule has 0 unspecified atom stereocenters. The molecule has 0 aliphatic heterocycles. The van der Waals surface area contributed by atoms with Crippen LogP contribution in [0.5, 0.6) is 11.5 Å². The molecule has 0 aliphatic rings. The summed E-state index contributed by atoms with van der Waals surface area (Å²) in [6.07, 6.45) is 3.73. The molecule has 0 spiro atoms. The van der Waals surface area contributed by atoms with E-state index in [0.29, 0.717) is 29.6 Å². The van der Waals surface area contributed by atoms with Gasteiger partial charge < -0.3 is 14.5 Å². The molecule has 1 aromatic carbocycles. The predicted octanol–water partition coefficient (Wildman–Crippen LogP) is 2.58. The molecular weight excluding hydrogens is 354 g/mol. The topological polar surface area (TPSA) is 127 Å². The molecule has 0 saturated heterocycles. The largest absolute Gasteiger partial charge is 0.493 e. The molecule has 0 fully saturated rings. The Morgan fingerprint density at radius 3 is 2.56 bits per heavy atom. The average Bonchev–Trinajstić information content (AvgIpc) is 2.59. The van der Waals surface area contributed by atoms with Crippen molar-refractivity contribution in [3.8, 4) is 11.5 Å². The van der Waals surface area contributed by atoms with Crippen molar-refractivity contribution in [2.75, 3.05) is 13.7 Å². The van der Waals surface area contributed by atoms with Crippen LogP contribution < -0.4 is 20.7 Å².